The molecule has 0 radical (unpaired) electrons. The van der Waals surface area contributed by atoms with E-state index in [0.717, 1.165) is 0 Å². The number of carbonyl (C=O) groups is 3. The maximum atomic E-state index is 11.6. The molecule has 1 heterocycles. The van der Waals surface area contributed by atoms with E-state index < -0.39 is 28.1 Å². The molecule has 10 nitrogen and oxygen atoms in total. The molecule has 2 amide bonds. The summed E-state index contributed by atoms with van der Waals surface area (Å²) in [5.41, 5.74) is 6.21. The number of nitrogens with zero attached hydrogens (tertiary/aromatic N) is 1. The van der Waals surface area contributed by atoms with E-state index in [-0.39, 0.29) is 22.8 Å². The van der Waals surface area contributed by atoms with E-state index in [4.69, 9.17) is 15.6 Å². The average molecular weight is 429 g/mol. The number of benzene rings is 2. The number of carboxylic acid groups (broad SMARTS) is 1. The number of hydrogen-bond donors (Lipinski definition) is 3. The number of carboxylic acids is 1. The van der Waals surface area contributed by atoms with Crippen LogP contribution in [0.3, 0.4) is 0 Å². The first-order valence-electron chi connectivity index (χ1n) is 8.51. The van der Waals surface area contributed by atoms with Crippen molar-refractivity contribution < 1.29 is 29.2 Å². The van der Waals surface area contributed by atoms with Gasteiger partial charge in [0, 0.05) is 6.07 Å². The van der Waals surface area contributed by atoms with Gasteiger partial charge in [-0.05, 0) is 53.6 Å². The standard InChI is InChI=1S/C19H15N3O7S/c20-13(18(24)25)7-10-1-4-12(5-2-10)29-15-6-3-11(8-14(15)22(27)28)9-16-17(23)21-19(26)30-16/h1-6,8-9,13H,7,20H2,(H,24,25)(H,21,23,26)/t13-/m0/s1. The number of nitro benzene ring substituents is 1. The van der Waals surface area contributed by atoms with Crippen LogP contribution in [0.25, 0.3) is 6.08 Å². The second-order valence-electron chi connectivity index (χ2n) is 6.23. The molecule has 4 N–H and O–H groups in total. The van der Waals surface area contributed by atoms with Gasteiger partial charge in [-0.15, -0.1) is 0 Å². The Morgan fingerprint density at radius 1 is 1.27 bits per heavy atom. The first kappa shape index (κ1) is 21.0. The molecule has 2 aromatic rings. The fourth-order valence-corrected chi connectivity index (χ4v) is 3.27. The van der Waals surface area contributed by atoms with Crippen molar-refractivity contribution >= 4 is 40.6 Å². The third-order valence-corrected chi connectivity index (χ3v) is 4.85. The van der Waals surface area contributed by atoms with E-state index in [2.05, 4.69) is 5.32 Å². The van der Waals surface area contributed by atoms with E-state index in [1.807, 2.05) is 0 Å². The molecule has 0 spiro atoms. The van der Waals surface area contributed by atoms with Crippen molar-refractivity contribution in [2.75, 3.05) is 0 Å². The Kier molecular flexibility index (Phi) is 6.14. The summed E-state index contributed by atoms with van der Waals surface area (Å²) in [6.45, 7) is 0. The lowest BCUT2D eigenvalue weighted by atomic mass is 10.1. The topological polar surface area (TPSA) is 162 Å². The normalized spacial score (nSPS) is 15.7. The van der Waals surface area contributed by atoms with Gasteiger partial charge in [-0.3, -0.25) is 29.8 Å². The maximum absolute atomic E-state index is 11.6. The van der Waals surface area contributed by atoms with Crippen molar-refractivity contribution in [3.8, 4) is 11.5 Å². The molecule has 0 saturated carbocycles. The Hall–Kier alpha value is -3.70. The molecule has 0 bridgehead atoms. The molecule has 1 fully saturated rings. The third-order valence-electron chi connectivity index (χ3n) is 4.04. The number of carbonyl (C=O) groups excluding carboxylic acids is 2. The van der Waals surface area contributed by atoms with Gasteiger partial charge in [0.1, 0.15) is 11.8 Å². The SMILES string of the molecule is N[C@@H](Cc1ccc(Oc2ccc(C=C3SC(=O)NC3=O)cc2[N+](=O)[O-])cc1)C(=O)O. The molecule has 1 saturated heterocycles. The molecule has 30 heavy (non-hydrogen) atoms. The number of thioether (sulfide) groups is 1. The van der Waals surface area contributed by atoms with Crippen LogP contribution in [0.5, 0.6) is 11.5 Å². The molecule has 2 aromatic carbocycles. The summed E-state index contributed by atoms with van der Waals surface area (Å²) in [5.74, 6) is -1.38. The minimum atomic E-state index is -1.11. The molecule has 154 valence electrons. The molecule has 0 aromatic heterocycles. The van der Waals surface area contributed by atoms with Crippen LogP contribution >= 0.6 is 11.8 Å². The lowest BCUT2D eigenvalue weighted by Gasteiger charge is -2.09. The zero-order valence-electron chi connectivity index (χ0n) is 15.2. The number of nitrogens with one attached hydrogen (secondary N) is 1. The summed E-state index contributed by atoms with van der Waals surface area (Å²) < 4.78 is 5.59. The first-order valence-corrected chi connectivity index (χ1v) is 9.33. The molecular weight excluding hydrogens is 414 g/mol. The van der Waals surface area contributed by atoms with Crippen LogP contribution in [0.15, 0.2) is 47.4 Å². The van der Waals surface area contributed by atoms with E-state index in [9.17, 15) is 24.5 Å². The van der Waals surface area contributed by atoms with Crippen molar-refractivity contribution in [3.63, 3.8) is 0 Å². The molecule has 1 aliphatic heterocycles. The van der Waals surface area contributed by atoms with Crippen LogP contribution in [0.4, 0.5) is 10.5 Å². The fourth-order valence-electron chi connectivity index (χ4n) is 2.59. The van der Waals surface area contributed by atoms with Crippen molar-refractivity contribution in [2.45, 2.75) is 12.5 Å². The number of aliphatic carboxylic acids is 1. The predicted octanol–water partition coefficient (Wildman–Crippen LogP) is 2.67. The Bertz CT molecular complexity index is 1070. The van der Waals surface area contributed by atoms with Crippen LogP contribution in [0.1, 0.15) is 11.1 Å². The van der Waals surface area contributed by atoms with Gasteiger partial charge < -0.3 is 15.6 Å². The summed E-state index contributed by atoms with van der Waals surface area (Å²) in [5, 5.41) is 21.9. The summed E-state index contributed by atoms with van der Waals surface area (Å²) in [4.78, 5) is 44.7. The highest BCUT2D eigenvalue weighted by Crippen LogP contribution is 2.34. The van der Waals surface area contributed by atoms with Gasteiger partial charge in [-0.25, -0.2) is 0 Å². The van der Waals surface area contributed by atoms with Crippen LogP contribution in [0.2, 0.25) is 0 Å². The van der Waals surface area contributed by atoms with Gasteiger partial charge in [0.05, 0.1) is 9.83 Å². The number of ether oxygens (including phenoxy) is 1. The number of rotatable bonds is 7. The lowest BCUT2D eigenvalue weighted by Crippen LogP contribution is -2.32. The molecule has 0 aliphatic carbocycles. The van der Waals surface area contributed by atoms with Crippen LogP contribution in [0, 0.1) is 10.1 Å². The lowest BCUT2D eigenvalue weighted by molar-refractivity contribution is -0.385. The second-order valence-corrected chi connectivity index (χ2v) is 7.25. The Labute approximate surface area is 173 Å². The molecule has 1 atom stereocenters. The van der Waals surface area contributed by atoms with Crippen molar-refractivity contribution in [3.05, 3.63) is 68.6 Å². The molecular formula is C19H15N3O7S. The molecule has 0 unspecified atom stereocenters. The van der Waals surface area contributed by atoms with Gasteiger partial charge >= 0.3 is 11.7 Å². The summed E-state index contributed by atoms with van der Waals surface area (Å²) in [6.07, 6.45) is 1.51. The van der Waals surface area contributed by atoms with Gasteiger partial charge in [-0.2, -0.15) is 0 Å². The van der Waals surface area contributed by atoms with Gasteiger partial charge in [-0.1, -0.05) is 18.2 Å². The predicted molar refractivity (Wildman–Crippen MR) is 108 cm³/mol. The molecule has 11 heteroatoms. The number of nitrogens with two attached hydrogens (primary N) is 1. The molecule has 1 aliphatic rings. The summed E-state index contributed by atoms with van der Waals surface area (Å²) >= 11 is 0.711. The fraction of sp³-hybridized carbons (Fsp3) is 0.105. The largest absolute Gasteiger partial charge is 0.480 e. The first-order chi connectivity index (χ1) is 14.2. The Balaban J connectivity index is 1.80. The highest BCUT2D eigenvalue weighted by Gasteiger charge is 2.25. The van der Waals surface area contributed by atoms with Crippen molar-refractivity contribution in [1.82, 2.24) is 5.32 Å². The summed E-state index contributed by atoms with van der Waals surface area (Å²) in [6, 6.07) is 9.45. The van der Waals surface area contributed by atoms with Crippen molar-refractivity contribution in [1.29, 1.82) is 0 Å². The molecule has 3 rings (SSSR count). The van der Waals surface area contributed by atoms with Crippen LogP contribution in [-0.4, -0.2) is 33.2 Å². The zero-order valence-corrected chi connectivity index (χ0v) is 16.0. The van der Waals surface area contributed by atoms with E-state index in [1.54, 1.807) is 24.3 Å². The summed E-state index contributed by atoms with van der Waals surface area (Å²) in [7, 11) is 0. The second kappa shape index (κ2) is 8.76. The van der Waals surface area contributed by atoms with Crippen LogP contribution < -0.4 is 15.8 Å². The number of amides is 2. The highest BCUT2D eigenvalue weighted by atomic mass is 32.2. The van der Waals surface area contributed by atoms with E-state index >= 15 is 0 Å². The minimum absolute atomic E-state index is 0.0169. The number of nitro groups is 1. The zero-order chi connectivity index (χ0) is 21.8. The minimum Gasteiger partial charge on any atom is -0.480 e. The maximum Gasteiger partial charge on any atom is 0.320 e. The quantitative estimate of drug-likeness (QED) is 0.341. The van der Waals surface area contributed by atoms with Gasteiger partial charge in [0.25, 0.3) is 11.1 Å². The third kappa shape index (κ3) is 5.01. The monoisotopic (exact) mass is 429 g/mol. The average Bonchev–Trinajstić information content (AvgIpc) is 3.01. The van der Waals surface area contributed by atoms with E-state index in [1.165, 1.54) is 24.3 Å². The smallest absolute Gasteiger partial charge is 0.320 e. The van der Waals surface area contributed by atoms with Crippen molar-refractivity contribution in [2.24, 2.45) is 5.73 Å². The van der Waals surface area contributed by atoms with Gasteiger partial charge in [0.2, 0.25) is 5.75 Å². The number of imide groups is 1. The Morgan fingerprint density at radius 3 is 2.53 bits per heavy atom. The van der Waals surface area contributed by atoms with E-state index in [0.29, 0.717) is 28.6 Å². The van der Waals surface area contributed by atoms with Gasteiger partial charge in [0.15, 0.2) is 0 Å². The highest BCUT2D eigenvalue weighted by molar-refractivity contribution is 8.18. The number of hydrogen-bond acceptors (Lipinski definition) is 8. The Morgan fingerprint density at radius 2 is 1.97 bits per heavy atom. The van der Waals surface area contributed by atoms with Crippen LogP contribution in [-0.2, 0) is 16.0 Å².